The zero-order chi connectivity index (χ0) is 12.3. The van der Waals surface area contributed by atoms with Gasteiger partial charge in [0.05, 0.1) is 5.54 Å². The molecule has 1 aliphatic carbocycles. The lowest BCUT2D eigenvalue weighted by Crippen LogP contribution is -2.52. The smallest absolute Gasteiger partial charge is 0.244 e. The standard InChI is InChI=1S/C13H17FN2O.ClH/c14-10-5-4-6-11(9-10)16-12(17)13(15)7-2-1-3-8-13;/h4-6,9H,1-3,7-8,15H2,(H,16,17);1H. The van der Waals surface area contributed by atoms with Crippen molar-refractivity contribution in [2.45, 2.75) is 37.6 Å². The number of benzene rings is 1. The van der Waals surface area contributed by atoms with Gasteiger partial charge in [-0.3, -0.25) is 4.79 Å². The van der Waals surface area contributed by atoms with Crippen LogP contribution in [-0.2, 0) is 4.79 Å². The summed E-state index contributed by atoms with van der Waals surface area (Å²) in [5, 5.41) is 2.69. The van der Waals surface area contributed by atoms with Gasteiger partial charge in [0.2, 0.25) is 5.91 Å². The second-order valence-electron chi connectivity index (χ2n) is 4.68. The van der Waals surface area contributed by atoms with Gasteiger partial charge in [0.25, 0.3) is 0 Å². The predicted octanol–water partition coefficient (Wildman–Crippen LogP) is 2.85. The second-order valence-corrected chi connectivity index (χ2v) is 4.68. The lowest BCUT2D eigenvalue weighted by molar-refractivity contribution is -0.122. The first-order valence-electron chi connectivity index (χ1n) is 5.96. The number of anilines is 1. The fourth-order valence-electron chi connectivity index (χ4n) is 2.23. The summed E-state index contributed by atoms with van der Waals surface area (Å²) in [6.07, 6.45) is 4.49. The molecule has 100 valence electrons. The fourth-order valence-corrected chi connectivity index (χ4v) is 2.23. The van der Waals surface area contributed by atoms with Gasteiger partial charge in [0, 0.05) is 5.69 Å². The van der Waals surface area contributed by atoms with Crippen LogP contribution in [0.3, 0.4) is 0 Å². The minimum atomic E-state index is -0.787. The Labute approximate surface area is 112 Å². The van der Waals surface area contributed by atoms with Crippen molar-refractivity contribution < 1.29 is 9.18 Å². The maximum absolute atomic E-state index is 13.0. The lowest BCUT2D eigenvalue weighted by atomic mass is 9.82. The highest BCUT2D eigenvalue weighted by Gasteiger charge is 2.35. The van der Waals surface area contributed by atoms with E-state index >= 15 is 0 Å². The summed E-state index contributed by atoms with van der Waals surface area (Å²) in [6.45, 7) is 0. The molecular weight excluding hydrogens is 255 g/mol. The van der Waals surface area contributed by atoms with Crippen molar-refractivity contribution in [3.63, 3.8) is 0 Å². The van der Waals surface area contributed by atoms with Crippen LogP contribution in [0, 0.1) is 5.82 Å². The first-order chi connectivity index (χ1) is 8.10. The van der Waals surface area contributed by atoms with Crippen molar-refractivity contribution in [2.24, 2.45) is 5.73 Å². The molecule has 1 amide bonds. The van der Waals surface area contributed by atoms with Gasteiger partial charge in [-0.15, -0.1) is 12.4 Å². The number of amides is 1. The Morgan fingerprint density at radius 2 is 1.94 bits per heavy atom. The van der Waals surface area contributed by atoms with E-state index in [-0.39, 0.29) is 24.1 Å². The average Bonchev–Trinajstić information content (AvgIpc) is 2.30. The summed E-state index contributed by atoms with van der Waals surface area (Å²) in [6, 6.07) is 5.86. The molecule has 3 N–H and O–H groups in total. The Morgan fingerprint density at radius 3 is 2.56 bits per heavy atom. The minimum absolute atomic E-state index is 0. The summed E-state index contributed by atoms with van der Waals surface area (Å²) in [5.74, 6) is -0.569. The molecule has 2 rings (SSSR count). The normalized spacial score (nSPS) is 17.7. The van der Waals surface area contributed by atoms with Crippen LogP contribution >= 0.6 is 12.4 Å². The molecule has 0 spiro atoms. The monoisotopic (exact) mass is 272 g/mol. The van der Waals surface area contributed by atoms with E-state index in [1.54, 1.807) is 12.1 Å². The number of hydrogen-bond donors (Lipinski definition) is 2. The van der Waals surface area contributed by atoms with Gasteiger partial charge < -0.3 is 11.1 Å². The van der Waals surface area contributed by atoms with Crippen LogP contribution in [0.5, 0.6) is 0 Å². The molecule has 3 nitrogen and oxygen atoms in total. The Morgan fingerprint density at radius 1 is 1.28 bits per heavy atom. The summed E-state index contributed by atoms with van der Waals surface area (Å²) in [4.78, 5) is 12.0. The number of carbonyl (C=O) groups is 1. The summed E-state index contributed by atoms with van der Waals surface area (Å²) in [7, 11) is 0. The quantitative estimate of drug-likeness (QED) is 0.870. The maximum Gasteiger partial charge on any atom is 0.244 e. The van der Waals surface area contributed by atoms with Gasteiger partial charge in [0.1, 0.15) is 5.82 Å². The molecule has 1 aliphatic rings. The SMILES string of the molecule is Cl.NC1(C(=O)Nc2cccc(F)c2)CCCCC1. The Kier molecular flexibility index (Phi) is 5.11. The molecule has 0 unspecified atom stereocenters. The Balaban J connectivity index is 0.00000162. The van der Waals surface area contributed by atoms with Crippen LogP contribution in [-0.4, -0.2) is 11.4 Å². The van der Waals surface area contributed by atoms with Crippen LogP contribution in [0.1, 0.15) is 32.1 Å². The molecular formula is C13H18ClFN2O. The van der Waals surface area contributed by atoms with Crippen LogP contribution in [0.4, 0.5) is 10.1 Å². The van der Waals surface area contributed by atoms with Crippen molar-refractivity contribution in [1.29, 1.82) is 0 Å². The Hall–Kier alpha value is -1.13. The van der Waals surface area contributed by atoms with Crippen molar-refractivity contribution in [1.82, 2.24) is 0 Å². The zero-order valence-electron chi connectivity index (χ0n) is 10.1. The highest BCUT2D eigenvalue weighted by atomic mass is 35.5. The van der Waals surface area contributed by atoms with Gasteiger partial charge in [-0.2, -0.15) is 0 Å². The van der Waals surface area contributed by atoms with Crippen LogP contribution < -0.4 is 11.1 Å². The maximum atomic E-state index is 13.0. The lowest BCUT2D eigenvalue weighted by Gasteiger charge is -2.31. The number of nitrogens with two attached hydrogens (primary N) is 1. The van der Waals surface area contributed by atoms with E-state index in [9.17, 15) is 9.18 Å². The van der Waals surface area contributed by atoms with Crippen LogP contribution in [0.25, 0.3) is 0 Å². The van der Waals surface area contributed by atoms with Gasteiger partial charge in [-0.05, 0) is 31.0 Å². The third kappa shape index (κ3) is 3.43. The van der Waals surface area contributed by atoms with E-state index in [4.69, 9.17) is 5.73 Å². The Bertz CT molecular complexity index is 419. The molecule has 0 atom stereocenters. The van der Waals surface area contributed by atoms with Crippen LogP contribution in [0.15, 0.2) is 24.3 Å². The topological polar surface area (TPSA) is 55.1 Å². The number of carbonyl (C=O) groups excluding carboxylic acids is 1. The van der Waals surface area contributed by atoms with E-state index in [1.807, 2.05) is 0 Å². The molecule has 1 aromatic rings. The zero-order valence-corrected chi connectivity index (χ0v) is 10.9. The first-order valence-corrected chi connectivity index (χ1v) is 5.96. The molecule has 0 aromatic heterocycles. The van der Waals surface area contributed by atoms with Gasteiger partial charge in [0.15, 0.2) is 0 Å². The largest absolute Gasteiger partial charge is 0.324 e. The number of nitrogens with one attached hydrogen (secondary N) is 1. The molecule has 1 fully saturated rings. The molecule has 1 aromatic carbocycles. The molecule has 0 heterocycles. The summed E-state index contributed by atoms with van der Waals surface area (Å²) < 4.78 is 13.0. The first kappa shape index (κ1) is 14.9. The molecule has 0 saturated heterocycles. The van der Waals surface area contributed by atoms with E-state index in [0.717, 1.165) is 19.3 Å². The van der Waals surface area contributed by atoms with Gasteiger partial charge >= 0.3 is 0 Å². The van der Waals surface area contributed by atoms with Gasteiger partial charge in [-0.1, -0.05) is 25.3 Å². The highest BCUT2D eigenvalue weighted by Crippen LogP contribution is 2.27. The molecule has 18 heavy (non-hydrogen) atoms. The molecule has 0 radical (unpaired) electrons. The highest BCUT2D eigenvalue weighted by molar-refractivity contribution is 5.98. The average molecular weight is 273 g/mol. The number of rotatable bonds is 2. The van der Waals surface area contributed by atoms with Gasteiger partial charge in [-0.25, -0.2) is 4.39 Å². The number of halogens is 2. The third-order valence-electron chi connectivity index (χ3n) is 3.28. The second kappa shape index (κ2) is 6.16. The van der Waals surface area contributed by atoms with Crippen LogP contribution in [0.2, 0.25) is 0 Å². The van der Waals surface area contributed by atoms with Crippen molar-refractivity contribution in [3.05, 3.63) is 30.1 Å². The van der Waals surface area contributed by atoms with E-state index in [1.165, 1.54) is 12.1 Å². The van der Waals surface area contributed by atoms with Crippen molar-refractivity contribution in [2.75, 3.05) is 5.32 Å². The molecule has 0 aliphatic heterocycles. The predicted molar refractivity (Wildman–Crippen MR) is 72.3 cm³/mol. The summed E-state index contributed by atoms with van der Waals surface area (Å²) in [5.41, 5.74) is 5.76. The van der Waals surface area contributed by atoms with Crippen molar-refractivity contribution >= 4 is 24.0 Å². The molecule has 1 saturated carbocycles. The fraction of sp³-hybridized carbons (Fsp3) is 0.462. The van der Waals surface area contributed by atoms with E-state index in [2.05, 4.69) is 5.32 Å². The van der Waals surface area contributed by atoms with Crippen molar-refractivity contribution in [3.8, 4) is 0 Å². The molecule has 0 bridgehead atoms. The summed E-state index contributed by atoms with van der Waals surface area (Å²) >= 11 is 0. The minimum Gasteiger partial charge on any atom is -0.324 e. The molecule has 5 heteroatoms. The van der Waals surface area contributed by atoms with E-state index in [0.29, 0.717) is 18.5 Å². The third-order valence-corrected chi connectivity index (χ3v) is 3.28. The number of hydrogen-bond acceptors (Lipinski definition) is 2. The van der Waals surface area contributed by atoms with E-state index < -0.39 is 5.54 Å².